The van der Waals surface area contributed by atoms with Gasteiger partial charge in [-0.25, -0.2) is 0 Å². The normalized spacial score (nSPS) is 49.9. The van der Waals surface area contributed by atoms with Gasteiger partial charge in [-0.05, 0) is 106 Å². The van der Waals surface area contributed by atoms with Crippen LogP contribution in [0.2, 0.25) is 0 Å². The summed E-state index contributed by atoms with van der Waals surface area (Å²) < 4.78 is 0. The minimum Gasteiger partial charge on any atom is -0.390 e. The fraction of sp³-hybridized carbons (Fsp3) is 0.880. The van der Waals surface area contributed by atoms with Crippen LogP contribution in [0.5, 0.6) is 0 Å². The Kier molecular flexibility index (Phi) is 5.02. The molecular weight excluding hydrogens is 374 g/mol. The van der Waals surface area contributed by atoms with Crippen molar-refractivity contribution in [2.45, 2.75) is 90.6 Å². The van der Waals surface area contributed by atoms with Crippen LogP contribution in [-0.4, -0.2) is 28.0 Å². The highest BCUT2D eigenvalue weighted by Gasteiger charge is 2.62. The van der Waals surface area contributed by atoms with Crippen molar-refractivity contribution in [1.82, 2.24) is 16.0 Å². The molecule has 1 aliphatic heterocycles. The van der Waals surface area contributed by atoms with Gasteiger partial charge in [-0.15, -0.1) is 5.53 Å². The summed E-state index contributed by atoms with van der Waals surface area (Å²) in [6.45, 7) is 7.38. The zero-order valence-electron chi connectivity index (χ0n) is 19.1. The molecule has 0 aromatic rings. The molecule has 30 heavy (non-hydrogen) atoms. The molecular formula is C25H41N3O2. The van der Waals surface area contributed by atoms with Crippen LogP contribution in [0, 0.1) is 40.4 Å². The Balaban J connectivity index is 1.36. The molecule has 3 N–H and O–H groups in total. The molecule has 4 saturated carbocycles. The Morgan fingerprint density at radius 2 is 1.93 bits per heavy atom. The molecule has 5 aliphatic rings. The fourth-order valence-corrected chi connectivity index (χ4v) is 9.13. The largest absolute Gasteiger partial charge is 0.390 e. The van der Waals surface area contributed by atoms with Crippen molar-refractivity contribution in [3.63, 3.8) is 0 Å². The molecule has 168 valence electrons. The molecule has 0 aromatic carbocycles. The summed E-state index contributed by atoms with van der Waals surface area (Å²) in [5.41, 5.74) is 6.11. The first-order valence-electron chi connectivity index (χ1n) is 12.5. The van der Waals surface area contributed by atoms with Crippen molar-refractivity contribution in [3.05, 3.63) is 12.4 Å². The fourth-order valence-electron chi connectivity index (χ4n) is 9.13. The molecule has 4 fully saturated rings. The van der Waals surface area contributed by atoms with Crippen molar-refractivity contribution in [3.8, 4) is 0 Å². The Bertz CT molecular complexity index is 721. The van der Waals surface area contributed by atoms with Crippen LogP contribution >= 0.6 is 0 Å². The minimum absolute atomic E-state index is 0.178. The first kappa shape index (κ1) is 20.8. The van der Waals surface area contributed by atoms with E-state index < -0.39 is 5.60 Å². The maximum atomic E-state index is 13.3. The quantitative estimate of drug-likeness (QED) is 0.644. The Labute approximate surface area is 182 Å². The van der Waals surface area contributed by atoms with Gasteiger partial charge in [0.05, 0.1) is 12.1 Å². The Hall–Kier alpha value is -1.07. The number of fused-ring (bicyclic) bond motifs is 5. The van der Waals surface area contributed by atoms with E-state index in [1.165, 1.54) is 44.9 Å². The first-order chi connectivity index (χ1) is 14.3. The monoisotopic (exact) mass is 415 g/mol. The number of hydrogen-bond acceptors (Lipinski definition) is 5. The smallest absolute Gasteiger partial charge is 0.157 e. The van der Waals surface area contributed by atoms with Crippen molar-refractivity contribution < 1.29 is 9.90 Å². The second kappa shape index (κ2) is 7.23. The molecule has 5 rings (SSSR count). The van der Waals surface area contributed by atoms with Gasteiger partial charge in [0, 0.05) is 18.3 Å². The number of nitrogens with one attached hydrogen (secondary N) is 2. The zero-order chi connectivity index (χ0) is 21.1. The Morgan fingerprint density at radius 3 is 2.67 bits per heavy atom. The first-order valence-corrected chi connectivity index (χ1v) is 12.5. The van der Waals surface area contributed by atoms with Crippen molar-refractivity contribution in [1.29, 1.82) is 0 Å². The number of ketones is 1. The van der Waals surface area contributed by atoms with E-state index >= 15 is 0 Å². The van der Waals surface area contributed by atoms with E-state index in [-0.39, 0.29) is 11.3 Å². The van der Waals surface area contributed by atoms with Crippen LogP contribution in [0.15, 0.2) is 12.4 Å². The highest BCUT2D eigenvalue weighted by molar-refractivity contribution is 5.84. The van der Waals surface area contributed by atoms with Crippen molar-refractivity contribution in [2.24, 2.45) is 40.4 Å². The third-order valence-corrected chi connectivity index (χ3v) is 10.6. The Morgan fingerprint density at radius 1 is 1.10 bits per heavy atom. The third kappa shape index (κ3) is 3.06. The van der Waals surface area contributed by atoms with Gasteiger partial charge < -0.3 is 10.5 Å². The number of carbonyl (C=O) groups is 1. The van der Waals surface area contributed by atoms with Crippen LogP contribution in [0.1, 0.15) is 85.0 Å². The van der Waals surface area contributed by atoms with E-state index in [9.17, 15) is 9.90 Å². The molecule has 0 amide bonds. The van der Waals surface area contributed by atoms with Crippen LogP contribution in [0.25, 0.3) is 0 Å². The summed E-state index contributed by atoms with van der Waals surface area (Å²) >= 11 is 0. The molecule has 0 bridgehead atoms. The molecule has 8 atom stereocenters. The van der Waals surface area contributed by atoms with Crippen LogP contribution in [0.3, 0.4) is 0 Å². The van der Waals surface area contributed by atoms with Gasteiger partial charge in [0.15, 0.2) is 5.78 Å². The average molecular weight is 416 g/mol. The summed E-state index contributed by atoms with van der Waals surface area (Å²) in [6, 6.07) is 0. The average Bonchev–Trinajstić information content (AvgIpc) is 3.34. The number of rotatable bonds is 4. The van der Waals surface area contributed by atoms with E-state index in [0.717, 1.165) is 31.1 Å². The van der Waals surface area contributed by atoms with Gasteiger partial charge in [0.25, 0.3) is 0 Å². The van der Waals surface area contributed by atoms with E-state index in [1.54, 1.807) is 0 Å². The van der Waals surface area contributed by atoms with Crippen LogP contribution in [-0.2, 0) is 4.79 Å². The number of aliphatic hydroxyl groups is 1. The summed E-state index contributed by atoms with van der Waals surface area (Å²) in [5, 5.41) is 12.6. The second-order valence-corrected chi connectivity index (χ2v) is 11.8. The summed E-state index contributed by atoms with van der Waals surface area (Å²) in [5.74, 6) is 3.60. The van der Waals surface area contributed by atoms with Gasteiger partial charge in [-0.1, -0.05) is 13.8 Å². The van der Waals surface area contributed by atoms with E-state index in [4.69, 9.17) is 0 Å². The predicted molar refractivity (Wildman–Crippen MR) is 118 cm³/mol. The lowest BCUT2D eigenvalue weighted by atomic mass is 9.42. The third-order valence-electron chi connectivity index (χ3n) is 10.6. The van der Waals surface area contributed by atoms with Crippen molar-refractivity contribution in [2.75, 3.05) is 6.54 Å². The molecule has 5 nitrogen and oxygen atoms in total. The SMILES string of the molecule is CC[C@]12CC[C@@](C)(O)C[C@@H]1CC[C@H]1[C@@H]3CC[C@H](C(=O)CN4C=CNN4)[C@@]3(C)CC[C@@H]12. The van der Waals surface area contributed by atoms with Gasteiger partial charge >= 0.3 is 0 Å². The molecule has 0 saturated heterocycles. The highest BCUT2D eigenvalue weighted by atomic mass is 16.3. The zero-order valence-corrected chi connectivity index (χ0v) is 19.1. The van der Waals surface area contributed by atoms with Gasteiger partial charge in [-0.3, -0.25) is 9.80 Å². The van der Waals surface area contributed by atoms with Crippen LogP contribution in [0.4, 0.5) is 0 Å². The second-order valence-electron chi connectivity index (χ2n) is 11.8. The molecule has 5 heteroatoms. The molecule has 4 aliphatic carbocycles. The number of hydrazine groups is 2. The van der Waals surface area contributed by atoms with Crippen LogP contribution < -0.4 is 11.0 Å². The maximum Gasteiger partial charge on any atom is 0.157 e. The maximum absolute atomic E-state index is 13.3. The van der Waals surface area contributed by atoms with E-state index in [2.05, 4.69) is 31.7 Å². The highest BCUT2D eigenvalue weighted by Crippen LogP contribution is 2.68. The summed E-state index contributed by atoms with van der Waals surface area (Å²) in [7, 11) is 0. The lowest BCUT2D eigenvalue weighted by molar-refractivity contribution is -0.158. The molecule has 0 spiro atoms. The van der Waals surface area contributed by atoms with Gasteiger partial charge in [0.1, 0.15) is 0 Å². The standard InChI is InChI=1S/C25H41N3O2/c1-4-25-12-11-23(2,30)15-17(25)5-6-18-19-7-8-21(24(19,3)10-9-20(18)25)22(29)16-28-14-13-26-27-28/h13-14,17-21,26-27,30H,4-12,15-16H2,1-3H3/t17-,18-,19-,20-,21+,23+,24-,25-/m0/s1. The lowest BCUT2D eigenvalue weighted by Gasteiger charge is -2.63. The number of carbonyl (C=O) groups excluding carboxylic acids is 1. The van der Waals surface area contributed by atoms with Crippen molar-refractivity contribution >= 4 is 5.78 Å². The molecule has 0 aromatic heterocycles. The number of Topliss-reactive ketones (excluding diaryl/α,β-unsaturated/α-hetero) is 1. The lowest BCUT2D eigenvalue weighted by Crippen LogP contribution is -2.56. The van der Waals surface area contributed by atoms with Gasteiger partial charge in [-0.2, -0.15) is 0 Å². The van der Waals surface area contributed by atoms with E-state index in [0.29, 0.717) is 29.6 Å². The summed E-state index contributed by atoms with van der Waals surface area (Å²) in [6.07, 6.45) is 15.6. The molecule has 0 radical (unpaired) electrons. The predicted octanol–water partition coefficient (Wildman–Crippen LogP) is 4.15. The van der Waals surface area contributed by atoms with Gasteiger partial charge in [0.2, 0.25) is 0 Å². The minimum atomic E-state index is -0.461. The molecule has 1 heterocycles. The summed E-state index contributed by atoms with van der Waals surface area (Å²) in [4.78, 5) is 13.3. The molecule has 0 unspecified atom stereocenters. The number of hydrogen-bond donors (Lipinski definition) is 3. The van der Waals surface area contributed by atoms with E-state index in [1.807, 2.05) is 17.4 Å². The number of nitrogens with zero attached hydrogens (tertiary/aromatic N) is 1. The topological polar surface area (TPSA) is 64.6 Å².